The zero-order chi connectivity index (χ0) is 12.2. The molecule has 1 amide bonds. The molecule has 0 aliphatic rings. The van der Waals surface area contributed by atoms with Crippen molar-refractivity contribution in [2.45, 2.75) is 25.8 Å². The van der Waals surface area contributed by atoms with E-state index in [1.165, 1.54) is 12.3 Å². The summed E-state index contributed by atoms with van der Waals surface area (Å²) >= 11 is 0. The quantitative estimate of drug-likeness (QED) is 0.768. The van der Waals surface area contributed by atoms with Gasteiger partial charge in [0.1, 0.15) is 18.1 Å². The molecule has 0 radical (unpaired) electrons. The average Bonchev–Trinajstić information content (AvgIpc) is 2.27. The maximum atomic E-state index is 10.9. The number of carbonyl (C=O) groups excluding carboxylic acids is 1. The van der Waals surface area contributed by atoms with E-state index in [9.17, 15) is 4.79 Å². The first-order valence-corrected chi connectivity index (χ1v) is 5.12. The normalized spacial score (nSPS) is 14.2. The smallest absolute Gasteiger partial charge is 0.267 e. The van der Waals surface area contributed by atoms with Gasteiger partial charge in [-0.1, -0.05) is 6.92 Å². The van der Waals surface area contributed by atoms with Crippen molar-refractivity contribution in [2.75, 3.05) is 6.61 Å². The van der Waals surface area contributed by atoms with Gasteiger partial charge in [0.25, 0.3) is 5.91 Å². The Morgan fingerprint density at radius 2 is 2.31 bits per heavy atom. The molecule has 88 valence electrons. The third-order valence-electron chi connectivity index (χ3n) is 2.36. The average molecular weight is 223 g/mol. The van der Waals surface area contributed by atoms with Crippen molar-refractivity contribution in [3.05, 3.63) is 24.0 Å². The van der Waals surface area contributed by atoms with Crippen LogP contribution in [-0.4, -0.2) is 23.0 Å². The molecule has 0 spiro atoms. The van der Waals surface area contributed by atoms with Crippen molar-refractivity contribution in [2.24, 2.45) is 11.5 Å². The van der Waals surface area contributed by atoms with Crippen LogP contribution in [-0.2, 0) is 0 Å². The molecule has 1 heterocycles. The molecule has 5 heteroatoms. The molecule has 0 bridgehead atoms. The number of carbonyl (C=O) groups is 1. The fourth-order valence-electron chi connectivity index (χ4n) is 0.986. The highest BCUT2D eigenvalue weighted by Crippen LogP contribution is 2.13. The van der Waals surface area contributed by atoms with E-state index in [0.29, 0.717) is 12.4 Å². The summed E-state index contributed by atoms with van der Waals surface area (Å²) in [6, 6.07) is 3.17. The lowest BCUT2D eigenvalue weighted by molar-refractivity contribution is 0.0995. The Balaban J connectivity index is 2.68. The van der Waals surface area contributed by atoms with Crippen LogP contribution in [0.1, 0.15) is 30.8 Å². The van der Waals surface area contributed by atoms with Crippen molar-refractivity contribution in [1.82, 2.24) is 4.98 Å². The fourth-order valence-corrected chi connectivity index (χ4v) is 0.986. The van der Waals surface area contributed by atoms with Gasteiger partial charge in [0.15, 0.2) is 0 Å². The highest BCUT2D eigenvalue weighted by molar-refractivity contribution is 5.91. The molecule has 5 nitrogen and oxygen atoms in total. The summed E-state index contributed by atoms with van der Waals surface area (Å²) in [5.41, 5.74) is 10.8. The van der Waals surface area contributed by atoms with Crippen LogP contribution >= 0.6 is 0 Å². The van der Waals surface area contributed by atoms with E-state index in [1.807, 2.05) is 13.8 Å². The Hall–Kier alpha value is -1.62. The summed E-state index contributed by atoms with van der Waals surface area (Å²) in [6.07, 6.45) is 2.29. The lowest BCUT2D eigenvalue weighted by atomic mass is 10.0. The molecule has 1 aromatic heterocycles. The molecule has 0 saturated heterocycles. The number of pyridine rings is 1. The maximum Gasteiger partial charge on any atom is 0.267 e. The number of aromatic nitrogens is 1. The van der Waals surface area contributed by atoms with Crippen LogP contribution in [0.3, 0.4) is 0 Å². The summed E-state index contributed by atoms with van der Waals surface area (Å²) < 4.78 is 5.48. The van der Waals surface area contributed by atoms with Crippen LogP contribution in [0.2, 0.25) is 0 Å². The molecular formula is C11H17N3O2. The Kier molecular flexibility index (Phi) is 3.84. The Labute approximate surface area is 94.8 Å². The number of hydrogen-bond acceptors (Lipinski definition) is 4. The largest absolute Gasteiger partial charge is 0.492 e. The van der Waals surface area contributed by atoms with Crippen LogP contribution in [0.4, 0.5) is 0 Å². The van der Waals surface area contributed by atoms with Gasteiger partial charge in [-0.05, 0) is 19.4 Å². The van der Waals surface area contributed by atoms with Gasteiger partial charge in [0.05, 0.1) is 0 Å². The number of hydrogen-bond donors (Lipinski definition) is 2. The highest BCUT2D eigenvalue weighted by Gasteiger charge is 2.16. The van der Waals surface area contributed by atoms with E-state index in [2.05, 4.69) is 4.98 Å². The molecule has 4 N–H and O–H groups in total. The second-order valence-electron chi connectivity index (χ2n) is 4.04. The van der Waals surface area contributed by atoms with E-state index < -0.39 is 5.91 Å². The molecule has 1 unspecified atom stereocenters. The first kappa shape index (κ1) is 12.4. The predicted molar refractivity (Wildman–Crippen MR) is 61.1 cm³/mol. The first-order chi connectivity index (χ1) is 7.44. The van der Waals surface area contributed by atoms with Crippen molar-refractivity contribution in [1.29, 1.82) is 0 Å². The molecule has 0 aromatic carbocycles. The van der Waals surface area contributed by atoms with Gasteiger partial charge in [-0.25, -0.2) is 0 Å². The molecule has 0 saturated carbocycles. The lowest BCUT2D eigenvalue weighted by Crippen LogP contribution is -2.41. The van der Waals surface area contributed by atoms with Gasteiger partial charge < -0.3 is 16.2 Å². The summed E-state index contributed by atoms with van der Waals surface area (Å²) in [6.45, 7) is 4.28. The van der Waals surface area contributed by atoms with Crippen molar-refractivity contribution < 1.29 is 9.53 Å². The van der Waals surface area contributed by atoms with E-state index >= 15 is 0 Å². The van der Waals surface area contributed by atoms with Crippen LogP contribution < -0.4 is 16.2 Å². The van der Waals surface area contributed by atoms with Gasteiger partial charge in [-0.3, -0.25) is 9.78 Å². The zero-order valence-corrected chi connectivity index (χ0v) is 9.56. The Bertz CT molecular complexity index is 377. The first-order valence-electron chi connectivity index (χ1n) is 5.12. The summed E-state index contributed by atoms with van der Waals surface area (Å²) in [7, 11) is 0. The second-order valence-corrected chi connectivity index (χ2v) is 4.04. The molecule has 0 aliphatic heterocycles. The lowest BCUT2D eigenvalue weighted by Gasteiger charge is -2.22. The molecule has 1 rings (SSSR count). The van der Waals surface area contributed by atoms with Gasteiger partial charge in [0, 0.05) is 17.8 Å². The number of rotatable bonds is 5. The third kappa shape index (κ3) is 3.51. The number of nitrogens with zero attached hydrogens (tertiary/aromatic N) is 1. The standard InChI is InChI=1S/C11H17N3O2/c1-3-11(2,13)7-16-8-4-5-14-9(6-8)10(12)15/h4-6H,3,7,13H2,1-2H3,(H2,12,15). The summed E-state index contributed by atoms with van der Waals surface area (Å²) in [5.74, 6) is -0.0228. The zero-order valence-electron chi connectivity index (χ0n) is 9.56. The Morgan fingerprint density at radius 1 is 1.62 bits per heavy atom. The maximum absolute atomic E-state index is 10.9. The van der Waals surface area contributed by atoms with Crippen LogP contribution in [0.5, 0.6) is 5.75 Å². The third-order valence-corrected chi connectivity index (χ3v) is 2.36. The Morgan fingerprint density at radius 3 is 2.88 bits per heavy atom. The fraction of sp³-hybridized carbons (Fsp3) is 0.455. The molecule has 1 aromatic rings. The van der Waals surface area contributed by atoms with Gasteiger partial charge in [-0.15, -0.1) is 0 Å². The minimum absolute atomic E-state index is 0.188. The monoisotopic (exact) mass is 223 g/mol. The summed E-state index contributed by atoms with van der Waals surface area (Å²) in [5, 5.41) is 0. The number of amides is 1. The van der Waals surface area contributed by atoms with Crippen LogP contribution in [0, 0.1) is 0 Å². The molecule has 16 heavy (non-hydrogen) atoms. The van der Waals surface area contributed by atoms with E-state index in [-0.39, 0.29) is 11.2 Å². The van der Waals surface area contributed by atoms with E-state index in [1.54, 1.807) is 6.07 Å². The van der Waals surface area contributed by atoms with Gasteiger partial charge in [-0.2, -0.15) is 0 Å². The summed E-state index contributed by atoms with van der Waals surface area (Å²) in [4.78, 5) is 14.7. The number of primary amides is 1. The second kappa shape index (κ2) is 4.94. The molecule has 0 fully saturated rings. The van der Waals surface area contributed by atoms with Crippen LogP contribution in [0.15, 0.2) is 18.3 Å². The molecule has 1 atom stereocenters. The SMILES string of the molecule is CCC(C)(N)COc1ccnc(C(N)=O)c1. The molecular weight excluding hydrogens is 206 g/mol. The van der Waals surface area contributed by atoms with Crippen molar-refractivity contribution >= 4 is 5.91 Å². The number of ether oxygens (including phenoxy) is 1. The molecule has 0 aliphatic carbocycles. The topological polar surface area (TPSA) is 91.2 Å². The highest BCUT2D eigenvalue weighted by atomic mass is 16.5. The number of nitrogens with two attached hydrogens (primary N) is 2. The minimum Gasteiger partial charge on any atom is -0.492 e. The predicted octanol–water partition coefficient (Wildman–Crippen LogP) is 0.687. The minimum atomic E-state index is -0.573. The van der Waals surface area contributed by atoms with E-state index in [4.69, 9.17) is 16.2 Å². The van der Waals surface area contributed by atoms with Gasteiger partial charge >= 0.3 is 0 Å². The van der Waals surface area contributed by atoms with Crippen molar-refractivity contribution in [3.63, 3.8) is 0 Å². The van der Waals surface area contributed by atoms with Crippen molar-refractivity contribution in [3.8, 4) is 5.75 Å². The van der Waals surface area contributed by atoms with Crippen LogP contribution in [0.25, 0.3) is 0 Å². The van der Waals surface area contributed by atoms with E-state index in [0.717, 1.165) is 6.42 Å². The van der Waals surface area contributed by atoms with Gasteiger partial charge in [0.2, 0.25) is 0 Å².